The number of hydrogen-bond acceptors (Lipinski definition) is 4. The standard InChI is InChI=1S/C27H38N2O4/c1-3-5-7-9-19-32-26(30)28-24-15-11-22(12-16-24)21-23-13-17-25(18-14-23)29-27(31)33-20-10-8-6-4-2/h11-18H,3-10,19-21H2,1-2H3,(H,28,30)(H,29,31). The Morgan fingerprint density at radius 1 is 0.606 bits per heavy atom. The molecule has 6 heteroatoms. The minimum absolute atomic E-state index is 0.415. The van der Waals surface area contributed by atoms with Gasteiger partial charge in [0.2, 0.25) is 0 Å². The number of amides is 2. The zero-order valence-electron chi connectivity index (χ0n) is 20.0. The van der Waals surface area contributed by atoms with Crippen LogP contribution >= 0.6 is 0 Å². The van der Waals surface area contributed by atoms with Crippen molar-refractivity contribution >= 4 is 23.6 Å². The fourth-order valence-corrected chi connectivity index (χ4v) is 3.34. The van der Waals surface area contributed by atoms with Crippen molar-refractivity contribution in [1.29, 1.82) is 0 Å². The molecule has 0 atom stereocenters. The van der Waals surface area contributed by atoms with Crippen LogP contribution in [0.15, 0.2) is 48.5 Å². The second kappa shape index (κ2) is 15.7. The number of anilines is 2. The van der Waals surface area contributed by atoms with E-state index in [1.165, 1.54) is 0 Å². The average Bonchev–Trinajstić information content (AvgIpc) is 2.81. The number of unbranched alkanes of at least 4 members (excludes halogenated alkanes) is 6. The van der Waals surface area contributed by atoms with Crippen LogP contribution in [0.25, 0.3) is 0 Å². The summed E-state index contributed by atoms with van der Waals surface area (Å²) in [7, 11) is 0. The maximum Gasteiger partial charge on any atom is 0.411 e. The van der Waals surface area contributed by atoms with Crippen molar-refractivity contribution in [3.63, 3.8) is 0 Å². The minimum atomic E-state index is -0.415. The zero-order chi connectivity index (χ0) is 23.7. The molecule has 0 aromatic heterocycles. The number of carbonyl (C=O) groups excluding carboxylic acids is 2. The van der Waals surface area contributed by atoms with Crippen LogP contribution in [-0.2, 0) is 15.9 Å². The van der Waals surface area contributed by atoms with E-state index in [2.05, 4.69) is 24.5 Å². The summed E-state index contributed by atoms with van der Waals surface area (Å²) < 4.78 is 10.4. The molecular weight excluding hydrogens is 416 g/mol. The first-order valence-corrected chi connectivity index (χ1v) is 12.2. The highest BCUT2D eigenvalue weighted by Crippen LogP contribution is 2.16. The first-order chi connectivity index (χ1) is 16.1. The molecule has 2 aromatic rings. The van der Waals surface area contributed by atoms with Gasteiger partial charge in [-0.1, -0.05) is 76.6 Å². The summed E-state index contributed by atoms with van der Waals surface area (Å²) >= 11 is 0. The number of nitrogens with one attached hydrogen (secondary N) is 2. The molecule has 0 fully saturated rings. The van der Waals surface area contributed by atoms with Crippen molar-refractivity contribution in [3.05, 3.63) is 59.7 Å². The molecule has 0 unspecified atom stereocenters. The quantitative estimate of drug-likeness (QED) is 0.289. The van der Waals surface area contributed by atoms with Crippen LogP contribution in [-0.4, -0.2) is 25.4 Å². The van der Waals surface area contributed by atoms with Gasteiger partial charge in [0.1, 0.15) is 0 Å². The topological polar surface area (TPSA) is 76.7 Å². The highest BCUT2D eigenvalue weighted by molar-refractivity contribution is 5.85. The predicted molar refractivity (Wildman–Crippen MR) is 134 cm³/mol. The Morgan fingerprint density at radius 3 is 1.36 bits per heavy atom. The number of hydrogen-bond donors (Lipinski definition) is 2. The second-order valence-electron chi connectivity index (χ2n) is 8.21. The van der Waals surface area contributed by atoms with E-state index in [0.717, 1.165) is 68.9 Å². The van der Waals surface area contributed by atoms with Crippen LogP contribution in [0.1, 0.15) is 76.3 Å². The Morgan fingerprint density at radius 2 is 1.00 bits per heavy atom. The van der Waals surface area contributed by atoms with Gasteiger partial charge in [-0.15, -0.1) is 0 Å². The van der Waals surface area contributed by atoms with E-state index in [1.54, 1.807) is 0 Å². The van der Waals surface area contributed by atoms with Crippen molar-refractivity contribution in [1.82, 2.24) is 0 Å². The molecule has 0 bridgehead atoms. The number of rotatable bonds is 14. The average molecular weight is 455 g/mol. The van der Waals surface area contributed by atoms with Crippen molar-refractivity contribution in [3.8, 4) is 0 Å². The summed E-state index contributed by atoms with van der Waals surface area (Å²) in [6.45, 7) is 5.20. The van der Waals surface area contributed by atoms with Crippen molar-refractivity contribution in [2.75, 3.05) is 23.8 Å². The Hall–Kier alpha value is -3.02. The smallest absolute Gasteiger partial charge is 0.411 e. The van der Waals surface area contributed by atoms with Gasteiger partial charge in [-0.3, -0.25) is 10.6 Å². The maximum atomic E-state index is 11.9. The lowest BCUT2D eigenvalue weighted by atomic mass is 10.0. The Balaban J connectivity index is 1.71. The largest absolute Gasteiger partial charge is 0.449 e. The minimum Gasteiger partial charge on any atom is -0.449 e. The summed E-state index contributed by atoms with van der Waals surface area (Å²) in [5.74, 6) is 0. The van der Waals surface area contributed by atoms with Crippen LogP contribution in [0.3, 0.4) is 0 Å². The summed E-state index contributed by atoms with van der Waals surface area (Å²) in [6, 6.07) is 15.4. The van der Waals surface area contributed by atoms with Gasteiger partial charge in [-0.25, -0.2) is 9.59 Å². The molecule has 0 radical (unpaired) electrons. The van der Waals surface area contributed by atoms with Gasteiger partial charge in [0.25, 0.3) is 0 Å². The molecular formula is C27H38N2O4. The molecule has 0 heterocycles. The predicted octanol–water partition coefficient (Wildman–Crippen LogP) is 7.54. The highest BCUT2D eigenvalue weighted by atomic mass is 16.6. The Labute approximate surface area is 198 Å². The van der Waals surface area contributed by atoms with Crippen LogP contribution in [0.4, 0.5) is 21.0 Å². The molecule has 2 aromatic carbocycles. The van der Waals surface area contributed by atoms with E-state index in [9.17, 15) is 9.59 Å². The fourth-order valence-electron chi connectivity index (χ4n) is 3.34. The SMILES string of the molecule is CCCCCCOC(=O)Nc1ccc(Cc2ccc(NC(=O)OCCCCCC)cc2)cc1. The van der Waals surface area contributed by atoms with E-state index in [1.807, 2.05) is 48.5 Å². The molecule has 0 aliphatic heterocycles. The summed E-state index contributed by atoms with van der Waals surface area (Å²) in [5.41, 5.74) is 3.68. The highest BCUT2D eigenvalue weighted by Gasteiger charge is 2.05. The van der Waals surface area contributed by atoms with Crippen LogP contribution in [0.2, 0.25) is 0 Å². The van der Waals surface area contributed by atoms with E-state index < -0.39 is 12.2 Å². The normalized spacial score (nSPS) is 10.5. The second-order valence-corrected chi connectivity index (χ2v) is 8.21. The van der Waals surface area contributed by atoms with Crippen molar-refractivity contribution in [2.45, 2.75) is 71.6 Å². The lowest BCUT2D eigenvalue weighted by molar-refractivity contribution is 0.158. The van der Waals surface area contributed by atoms with E-state index in [-0.39, 0.29) is 0 Å². The lowest BCUT2D eigenvalue weighted by Crippen LogP contribution is -2.14. The third kappa shape index (κ3) is 11.4. The van der Waals surface area contributed by atoms with Crippen LogP contribution < -0.4 is 10.6 Å². The molecule has 6 nitrogen and oxygen atoms in total. The van der Waals surface area contributed by atoms with Gasteiger partial charge in [0, 0.05) is 11.4 Å². The monoisotopic (exact) mass is 454 g/mol. The number of carbonyl (C=O) groups is 2. The van der Waals surface area contributed by atoms with E-state index in [4.69, 9.17) is 9.47 Å². The van der Waals surface area contributed by atoms with Gasteiger partial charge >= 0.3 is 12.2 Å². The summed E-state index contributed by atoms with van der Waals surface area (Å²) in [4.78, 5) is 23.7. The molecule has 0 aliphatic rings. The summed E-state index contributed by atoms with van der Waals surface area (Å²) in [6.07, 6.45) is 8.53. The molecule has 2 rings (SSSR count). The summed E-state index contributed by atoms with van der Waals surface area (Å²) in [5, 5.41) is 5.52. The number of benzene rings is 2. The van der Waals surface area contributed by atoms with E-state index in [0.29, 0.717) is 24.6 Å². The van der Waals surface area contributed by atoms with Gasteiger partial charge < -0.3 is 9.47 Å². The van der Waals surface area contributed by atoms with Gasteiger partial charge in [0.15, 0.2) is 0 Å². The molecule has 33 heavy (non-hydrogen) atoms. The molecule has 0 saturated carbocycles. The van der Waals surface area contributed by atoms with Gasteiger partial charge in [0.05, 0.1) is 13.2 Å². The third-order valence-corrected chi connectivity index (χ3v) is 5.27. The number of ether oxygens (including phenoxy) is 2. The molecule has 180 valence electrons. The first-order valence-electron chi connectivity index (χ1n) is 12.2. The third-order valence-electron chi connectivity index (χ3n) is 5.27. The molecule has 0 aliphatic carbocycles. The molecule has 2 N–H and O–H groups in total. The van der Waals surface area contributed by atoms with Gasteiger partial charge in [-0.2, -0.15) is 0 Å². The molecule has 0 saturated heterocycles. The van der Waals surface area contributed by atoms with Gasteiger partial charge in [-0.05, 0) is 54.7 Å². The molecule has 0 spiro atoms. The van der Waals surface area contributed by atoms with Crippen molar-refractivity contribution < 1.29 is 19.1 Å². The van der Waals surface area contributed by atoms with Crippen LogP contribution in [0.5, 0.6) is 0 Å². The Kier molecular flexibility index (Phi) is 12.5. The maximum absolute atomic E-state index is 11.9. The fraction of sp³-hybridized carbons (Fsp3) is 0.481. The molecule has 2 amide bonds. The lowest BCUT2D eigenvalue weighted by Gasteiger charge is -2.09. The van der Waals surface area contributed by atoms with Crippen LogP contribution in [0, 0.1) is 0 Å². The Bertz CT molecular complexity index is 750. The van der Waals surface area contributed by atoms with E-state index >= 15 is 0 Å². The van der Waals surface area contributed by atoms with Crippen molar-refractivity contribution in [2.24, 2.45) is 0 Å². The first kappa shape index (κ1) is 26.2. The zero-order valence-corrected chi connectivity index (χ0v) is 20.0.